The molecule has 1 fully saturated rings. The third-order valence-corrected chi connectivity index (χ3v) is 4.39. The predicted octanol–water partition coefficient (Wildman–Crippen LogP) is 2.93. The number of aromatic nitrogens is 1. The first-order valence-electron chi connectivity index (χ1n) is 8.81. The van der Waals surface area contributed by atoms with Crippen LogP contribution in [0.2, 0.25) is 0 Å². The Bertz CT molecular complexity index is 690. The number of pyridine rings is 1. The smallest absolute Gasteiger partial charge is 0.317 e. The number of urea groups is 1. The summed E-state index contributed by atoms with van der Waals surface area (Å²) in [4.78, 5) is 18.7. The summed E-state index contributed by atoms with van der Waals surface area (Å²) < 4.78 is 5.82. The van der Waals surface area contributed by atoms with Crippen LogP contribution in [0.15, 0.2) is 48.5 Å². The van der Waals surface area contributed by atoms with E-state index in [4.69, 9.17) is 4.74 Å². The fraction of sp³-hybridized carbons (Fsp3) is 0.400. The minimum absolute atomic E-state index is 0.0451. The Balaban J connectivity index is 1.46. The Morgan fingerprint density at radius 3 is 2.88 bits per heavy atom. The minimum Gasteiger partial charge on any atom is -0.375 e. The van der Waals surface area contributed by atoms with E-state index in [2.05, 4.69) is 34.6 Å². The number of aryl methyl sites for hydroxylation is 2. The second kappa shape index (κ2) is 8.62. The zero-order valence-electron chi connectivity index (χ0n) is 14.6. The molecule has 0 bridgehead atoms. The molecule has 1 aromatic carbocycles. The molecule has 132 valence electrons. The van der Waals surface area contributed by atoms with Crippen LogP contribution in [0.3, 0.4) is 0 Å². The van der Waals surface area contributed by atoms with E-state index in [1.165, 1.54) is 5.56 Å². The van der Waals surface area contributed by atoms with Crippen LogP contribution in [-0.2, 0) is 17.7 Å². The maximum absolute atomic E-state index is 12.4. The van der Waals surface area contributed by atoms with Crippen molar-refractivity contribution in [2.24, 2.45) is 0 Å². The molecular weight excluding hydrogens is 314 g/mol. The first-order valence-corrected chi connectivity index (χ1v) is 8.81. The molecule has 2 aromatic rings. The third-order valence-electron chi connectivity index (χ3n) is 4.39. The van der Waals surface area contributed by atoms with E-state index in [-0.39, 0.29) is 12.1 Å². The zero-order valence-corrected chi connectivity index (χ0v) is 14.6. The topological polar surface area (TPSA) is 54.5 Å². The number of nitrogens with zero attached hydrogens (tertiary/aromatic N) is 2. The van der Waals surface area contributed by atoms with Crippen molar-refractivity contribution in [2.45, 2.75) is 32.4 Å². The van der Waals surface area contributed by atoms with Crippen LogP contribution in [0.1, 0.15) is 23.4 Å². The molecule has 2 amide bonds. The number of benzene rings is 1. The van der Waals surface area contributed by atoms with Crippen LogP contribution < -0.4 is 5.32 Å². The second-order valence-corrected chi connectivity index (χ2v) is 6.39. The van der Waals surface area contributed by atoms with Crippen molar-refractivity contribution in [1.82, 2.24) is 15.2 Å². The number of hydrogen-bond donors (Lipinski definition) is 1. The maximum atomic E-state index is 12.4. The summed E-state index contributed by atoms with van der Waals surface area (Å²) >= 11 is 0. The summed E-state index contributed by atoms with van der Waals surface area (Å²) in [5, 5.41) is 2.96. The summed E-state index contributed by atoms with van der Waals surface area (Å²) in [5.74, 6) is 0. The van der Waals surface area contributed by atoms with Crippen molar-refractivity contribution in [3.8, 4) is 0 Å². The largest absolute Gasteiger partial charge is 0.375 e. The molecule has 25 heavy (non-hydrogen) atoms. The molecule has 1 aromatic heterocycles. The standard InChI is InChI=1S/C20H25N3O2/c1-16-6-5-9-18(22-16)14-21-20(24)23-12-13-25-19(15-23)11-10-17-7-3-2-4-8-17/h2-9,19H,10-15H2,1H3,(H,21,24)/t19-/m1/s1. The lowest BCUT2D eigenvalue weighted by Crippen LogP contribution is -2.49. The van der Waals surface area contributed by atoms with Crippen molar-refractivity contribution in [1.29, 1.82) is 0 Å². The summed E-state index contributed by atoms with van der Waals surface area (Å²) in [6.45, 7) is 4.27. The van der Waals surface area contributed by atoms with Crippen molar-refractivity contribution in [3.05, 3.63) is 65.5 Å². The van der Waals surface area contributed by atoms with Crippen molar-refractivity contribution in [3.63, 3.8) is 0 Å². The van der Waals surface area contributed by atoms with E-state index in [1.54, 1.807) is 0 Å². The Morgan fingerprint density at radius 1 is 1.24 bits per heavy atom. The highest BCUT2D eigenvalue weighted by Crippen LogP contribution is 2.13. The molecule has 5 heteroatoms. The molecule has 1 aliphatic rings. The van der Waals surface area contributed by atoms with Crippen LogP contribution in [0, 0.1) is 6.92 Å². The molecule has 2 heterocycles. The van der Waals surface area contributed by atoms with Crippen LogP contribution >= 0.6 is 0 Å². The fourth-order valence-electron chi connectivity index (χ4n) is 3.03. The molecule has 0 aliphatic carbocycles. The molecule has 0 radical (unpaired) electrons. The first-order chi connectivity index (χ1) is 12.2. The van der Waals surface area contributed by atoms with Crippen LogP contribution in [0.25, 0.3) is 0 Å². The van der Waals surface area contributed by atoms with E-state index < -0.39 is 0 Å². The predicted molar refractivity (Wildman–Crippen MR) is 97.3 cm³/mol. The first kappa shape index (κ1) is 17.4. The van der Waals surface area contributed by atoms with Gasteiger partial charge >= 0.3 is 6.03 Å². The highest BCUT2D eigenvalue weighted by molar-refractivity contribution is 5.74. The van der Waals surface area contributed by atoms with E-state index in [0.29, 0.717) is 26.2 Å². The van der Waals surface area contributed by atoms with Crippen molar-refractivity contribution < 1.29 is 9.53 Å². The van der Waals surface area contributed by atoms with E-state index in [0.717, 1.165) is 24.2 Å². The van der Waals surface area contributed by atoms with E-state index >= 15 is 0 Å². The van der Waals surface area contributed by atoms with Gasteiger partial charge in [-0.15, -0.1) is 0 Å². The molecule has 1 N–H and O–H groups in total. The van der Waals surface area contributed by atoms with Crippen LogP contribution in [0.5, 0.6) is 0 Å². The Labute approximate surface area is 149 Å². The highest BCUT2D eigenvalue weighted by Gasteiger charge is 2.23. The van der Waals surface area contributed by atoms with Crippen molar-refractivity contribution >= 4 is 6.03 Å². The van der Waals surface area contributed by atoms with Gasteiger partial charge in [-0.1, -0.05) is 36.4 Å². The summed E-state index contributed by atoms with van der Waals surface area (Å²) in [7, 11) is 0. The van der Waals surface area contributed by atoms with Crippen molar-refractivity contribution in [2.75, 3.05) is 19.7 Å². The van der Waals surface area contributed by atoms with Gasteiger partial charge in [0.25, 0.3) is 0 Å². The number of morpholine rings is 1. The van der Waals surface area contributed by atoms with E-state index in [9.17, 15) is 4.79 Å². The number of amides is 2. The van der Waals surface area contributed by atoms with Gasteiger partial charge in [-0.2, -0.15) is 0 Å². The number of nitrogens with one attached hydrogen (secondary N) is 1. The third kappa shape index (κ3) is 5.29. The lowest BCUT2D eigenvalue weighted by Gasteiger charge is -2.33. The van der Waals surface area contributed by atoms with Gasteiger partial charge in [-0.25, -0.2) is 4.79 Å². The van der Waals surface area contributed by atoms with Crippen LogP contribution in [-0.4, -0.2) is 41.7 Å². The van der Waals surface area contributed by atoms with Gasteiger partial charge in [0.05, 0.1) is 24.9 Å². The number of carbonyl (C=O) groups is 1. The quantitative estimate of drug-likeness (QED) is 0.911. The summed E-state index contributed by atoms with van der Waals surface area (Å²) in [5.41, 5.74) is 3.14. The molecule has 1 aliphatic heterocycles. The maximum Gasteiger partial charge on any atom is 0.317 e. The number of hydrogen-bond acceptors (Lipinski definition) is 3. The van der Waals surface area contributed by atoms with Gasteiger partial charge in [0.2, 0.25) is 0 Å². The van der Waals surface area contributed by atoms with Gasteiger partial charge in [0.1, 0.15) is 0 Å². The second-order valence-electron chi connectivity index (χ2n) is 6.39. The molecule has 0 spiro atoms. The molecule has 1 saturated heterocycles. The molecular formula is C20H25N3O2. The Kier molecular flexibility index (Phi) is 6.01. The van der Waals surface area contributed by atoms with Gasteiger partial charge in [-0.05, 0) is 37.5 Å². The van der Waals surface area contributed by atoms with Gasteiger partial charge < -0.3 is 15.0 Å². The van der Waals surface area contributed by atoms with Gasteiger partial charge in [0.15, 0.2) is 0 Å². The monoisotopic (exact) mass is 339 g/mol. The van der Waals surface area contributed by atoms with E-state index in [1.807, 2.05) is 36.1 Å². The molecule has 0 saturated carbocycles. The average Bonchev–Trinajstić information content (AvgIpc) is 2.65. The summed E-state index contributed by atoms with van der Waals surface area (Å²) in [6, 6.07) is 16.2. The Morgan fingerprint density at radius 2 is 2.08 bits per heavy atom. The number of carbonyl (C=O) groups excluding carboxylic acids is 1. The molecule has 1 atom stereocenters. The minimum atomic E-state index is -0.0451. The highest BCUT2D eigenvalue weighted by atomic mass is 16.5. The Hall–Kier alpha value is -2.40. The molecule has 5 nitrogen and oxygen atoms in total. The molecule has 0 unspecified atom stereocenters. The lowest BCUT2D eigenvalue weighted by molar-refractivity contribution is -0.0176. The zero-order chi connectivity index (χ0) is 17.5. The SMILES string of the molecule is Cc1cccc(CNC(=O)N2CCO[C@H](CCc3ccccc3)C2)n1. The van der Waals surface area contributed by atoms with Crippen LogP contribution in [0.4, 0.5) is 4.79 Å². The molecule has 3 rings (SSSR count). The number of ether oxygens (including phenoxy) is 1. The fourth-order valence-corrected chi connectivity index (χ4v) is 3.03. The number of rotatable bonds is 5. The normalized spacial score (nSPS) is 17.3. The van der Waals surface area contributed by atoms with Gasteiger partial charge in [0, 0.05) is 18.8 Å². The summed E-state index contributed by atoms with van der Waals surface area (Å²) in [6.07, 6.45) is 1.98. The average molecular weight is 339 g/mol. The van der Waals surface area contributed by atoms with Gasteiger partial charge in [-0.3, -0.25) is 4.98 Å². The lowest BCUT2D eigenvalue weighted by atomic mass is 10.1.